The van der Waals surface area contributed by atoms with Crippen LogP contribution in [0.15, 0.2) is 24.3 Å². The van der Waals surface area contributed by atoms with Crippen LogP contribution in [0.4, 0.5) is 5.69 Å². The maximum Gasteiger partial charge on any atom is 0.272 e. The van der Waals surface area contributed by atoms with Crippen molar-refractivity contribution < 1.29 is 13.3 Å². The fourth-order valence-corrected chi connectivity index (χ4v) is 3.98. The number of nitro groups is 1. The van der Waals surface area contributed by atoms with E-state index < -0.39 is 14.8 Å². The summed E-state index contributed by atoms with van der Waals surface area (Å²) in [6, 6.07) is 6.59. The van der Waals surface area contributed by atoms with E-state index in [2.05, 4.69) is 5.32 Å². The minimum Gasteiger partial charge on any atom is -0.313 e. The molecule has 1 heterocycles. The Morgan fingerprint density at radius 1 is 1.37 bits per heavy atom. The quantitative estimate of drug-likeness (QED) is 0.641. The summed E-state index contributed by atoms with van der Waals surface area (Å²) in [6.45, 7) is 0.547. The van der Waals surface area contributed by atoms with Crippen LogP contribution >= 0.6 is 0 Å². The van der Waals surface area contributed by atoms with Crippen LogP contribution in [-0.2, 0) is 16.3 Å². The highest BCUT2D eigenvalue weighted by molar-refractivity contribution is 7.91. The highest BCUT2D eigenvalue weighted by Gasteiger charge is 2.27. The summed E-state index contributed by atoms with van der Waals surface area (Å²) in [5.74, 6) is 0.403. The average Bonchev–Trinajstić information content (AvgIpc) is 2.69. The second kappa shape index (κ2) is 5.66. The van der Waals surface area contributed by atoms with E-state index in [4.69, 9.17) is 0 Å². The van der Waals surface area contributed by atoms with Crippen molar-refractivity contribution in [2.75, 3.05) is 18.1 Å². The molecule has 1 aromatic rings. The molecule has 0 bridgehead atoms. The van der Waals surface area contributed by atoms with Crippen LogP contribution in [0.25, 0.3) is 0 Å². The van der Waals surface area contributed by atoms with Gasteiger partial charge in [-0.3, -0.25) is 10.1 Å². The lowest BCUT2D eigenvalue weighted by Gasteiger charge is -2.10. The van der Waals surface area contributed by atoms with Gasteiger partial charge in [-0.15, -0.1) is 0 Å². The lowest BCUT2D eigenvalue weighted by atomic mass is 10.1. The van der Waals surface area contributed by atoms with Crippen LogP contribution in [0.1, 0.15) is 12.0 Å². The van der Waals surface area contributed by atoms with Crippen LogP contribution in [0, 0.1) is 10.1 Å². The van der Waals surface area contributed by atoms with Crippen molar-refractivity contribution in [3.63, 3.8) is 0 Å². The number of benzene rings is 1. The molecule has 1 aliphatic heterocycles. The van der Waals surface area contributed by atoms with E-state index in [1.54, 1.807) is 18.2 Å². The lowest BCUT2D eigenvalue weighted by molar-refractivity contribution is -0.385. The number of hydrogen-bond donors (Lipinski definition) is 1. The molecule has 1 aromatic carbocycles. The van der Waals surface area contributed by atoms with Gasteiger partial charge in [-0.2, -0.15) is 0 Å². The van der Waals surface area contributed by atoms with Crippen LogP contribution in [-0.4, -0.2) is 37.4 Å². The fourth-order valence-electron chi connectivity index (χ4n) is 2.27. The maximum absolute atomic E-state index is 11.3. The van der Waals surface area contributed by atoms with Crippen molar-refractivity contribution in [1.82, 2.24) is 5.32 Å². The predicted molar refractivity (Wildman–Crippen MR) is 71.9 cm³/mol. The van der Waals surface area contributed by atoms with Crippen molar-refractivity contribution in [3.8, 4) is 0 Å². The summed E-state index contributed by atoms with van der Waals surface area (Å²) >= 11 is 0. The number of nitrogens with one attached hydrogen (secondary N) is 1. The molecule has 0 amide bonds. The van der Waals surface area contributed by atoms with Gasteiger partial charge in [-0.25, -0.2) is 8.42 Å². The van der Waals surface area contributed by atoms with Gasteiger partial charge in [0.2, 0.25) is 0 Å². The smallest absolute Gasteiger partial charge is 0.272 e. The molecule has 1 atom stereocenters. The van der Waals surface area contributed by atoms with Gasteiger partial charge in [0.25, 0.3) is 5.69 Å². The molecule has 2 rings (SSSR count). The molecule has 0 spiro atoms. The molecule has 1 unspecified atom stereocenters. The third-order valence-corrected chi connectivity index (χ3v) is 5.02. The minimum absolute atomic E-state index is 0.0206. The topological polar surface area (TPSA) is 89.3 Å². The van der Waals surface area contributed by atoms with Gasteiger partial charge >= 0.3 is 0 Å². The van der Waals surface area contributed by atoms with E-state index in [9.17, 15) is 18.5 Å². The Morgan fingerprint density at radius 3 is 2.74 bits per heavy atom. The van der Waals surface area contributed by atoms with E-state index in [-0.39, 0.29) is 23.2 Å². The zero-order valence-electron chi connectivity index (χ0n) is 10.4. The van der Waals surface area contributed by atoms with Crippen LogP contribution < -0.4 is 5.32 Å². The first kappa shape index (κ1) is 14.0. The molecule has 0 aliphatic carbocycles. The molecule has 7 heteroatoms. The minimum atomic E-state index is -2.88. The first-order valence-electron chi connectivity index (χ1n) is 6.14. The van der Waals surface area contributed by atoms with E-state index in [1.807, 2.05) is 0 Å². The highest BCUT2D eigenvalue weighted by Crippen LogP contribution is 2.18. The molecule has 0 radical (unpaired) electrons. The van der Waals surface area contributed by atoms with E-state index in [0.29, 0.717) is 24.9 Å². The number of hydrogen-bond acceptors (Lipinski definition) is 5. The monoisotopic (exact) mass is 284 g/mol. The van der Waals surface area contributed by atoms with Gasteiger partial charge in [0.1, 0.15) is 0 Å². The van der Waals surface area contributed by atoms with E-state index >= 15 is 0 Å². The maximum atomic E-state index is 11.3. The van der Waals surface area contributed by atoms with Crippen LogP contribution in [0.5, 0.6) is 0 Å². The molecule has 1 saturated heterocycles. The second-order valence-corrected chi connectivity index (χ2v) is 6.92. The van der Waals surface area contributed by atoms with Gasteiger partial charge < -0.3 is 5.32 Å². The van der Waals surface area contributed by atoms with Crippen molar-refractivity contribution in [2.45, 2.75) is 18.9 Å². The Bertz CT molecular complexity index is 571. The van der Waals surface area contributed by atoms with Gasteiger partial charge in [-0.1, -0.05) is 18.2 Å². The van der Waals surface area contributed by atoms with Crippen LogP contribution in [0.3, 0.4) is 0 Å². The molecule has 1 N–H and O–H groups in total. The number of sulfone groups is 1. The van der Waals surface area contributed by atoms with Crippen molar-refractivity contribution in [3.05, 3.63) is 39.9 Å². The van der Waals surface area contributed by atoms with E-state index in [0.717, 1.165) is 0 Å². The summed E-state index contributed by atoms with van der Waals surface area (Å²) in [4.78, 5) is 10.4. The fraction of sp³-hybridized carbons (Fsp3) is 0.500. The molecule has 0 aromatic heterocycles. The zero-order chi connectivity index (χ0) is 13.9. The van der Waals surface area contributed by atoms with E-state index in [1.165, 1.54) is 6.07 Å². The molecule has 6 nitrogen and oxygen atoms in total. The third kappa shape index (κ3) is 3.74. The summed E-state index contributed by atoms with van der Waals surface area (Å²) in [6.07, 6.45) is 1.15. The number of para-hydroxylation sites is 1. The van der Waals surface area contributed by atoms with Gasteiger partial charge in [0, 0.05) is 17.7 Å². The lowest BCUT2D eigenvalue weighted by Crippen LogP contribution is -2.31. The summed E-state index contributed by atoms with van der Waals surface area (Å²) in [5, 5.41) is 14.0. The first-order chi connectivity index (χ1) is 8.98. The van der Waals surface area contributed by atoms with Crippen molar-refractivity contribution in [1.29, 1.82) is 0 Å². The molecular weight excluding hydrogens is 268 g/mol. The average molecular weight is 284 g/mol. The van der Waals surface area contributed by atoms with Gasteiger partial charge in [0.05, 0.1) is 16.4 Å². The SMILES string of the molecule is O=[N+]([O-])c1ccccc1CCNC1CCS(=O)(=O)C1. The van der Waals surface area contributed by atoms with Crippen molar-refractivity contribution >= 4 is 15.5 Å². The van der Waals surface area contributed by atoms with Gasteiger partial charge in [-0.05, 0) is 19.4 Å². The Hall–Kier alpha value is -1.47. The number of rotatable bonds is 5. The Labute approximate surface area is 111 Å². The molecule has 1 aliphatic rings. The normalized spacial score (nSPS) is 21.4. The Morgan fingerprint density at radius 2 is 2.11 bits per heavy atom. The third-order valence-electron chi connectivity index (χ3n) is 3.25. The Balaban J connectivity index is 1.88. The summed E-state index contributed by atoms with van der Waals surface area (Å²) in [7, 11) is -2.88. The van der Waals surface area contributed by atoms with Gasteiger partial charge in [0.15, 0.2) is 9.84 Å². The molecule has 0 saturated carbocycles. The zero-order valence-corrected chi connectivity index (χ0v) is 11.2. The number of nitrogens with zero attached hydrogens (tertiary/aromatic N) is 1. The molecule has 104 valence electrons. The number of nitro benzene ring substituents is 1. The first-order valence-corrected chi connectivity index (χ1v) is 7.96. The molecule has 1 fully saturated rings. The standard InChI is InChI=1S/C12H16N2O4S/c15-14(16)12-4-2-1-3-10(12)5-7-13-11-6-8-19(17,18)9-11/h1-4,11,13H,5-9H2. The molecule has 19 heavy (non-hydrogen) atoms. The summed E-state index contributed by atoms with van der Waals surface area (Å²) < 4.78 is 22.6. The highest BCUT2D eigenvalue weighted by atomic mass is 32.2. The van der Waals surface area contributed by atoms with Crippen molar-refractivity contribution in [2.24, 2.45) is 0 Å². The van der Waals surface area contributed by atoms with Crippen LogP contribution in [0.2, 0.25) is 0 Å². The largest absolute Gasteiger partial charge is 0.313 e. The second-order valence-electron chi connectivity index (χ2n) is 4.69. The Kier molecular flexibility index (Phi) is 4.16. The predicted octanol–water partition coefficient (Wildman–Crippen LogP) is 0.914. The summed E-state index contributed by atoms with van der Waals surface area (Å²) in [5.41, 5.74) is 0.782. The molecular formula is C12H16N2O4S.